The van der Waals surface area contributed by atoms with Gasteiger partial charge in [0.25, 0.3) is 0 Å². The summed E-state index contributed by atoms with van der Waals surface area (Å²) in [6, 6.07) is 0.233. The quantitative estimate of drug-likeness (QED) is 0.845. The Bertz CT molecular complexity index is 353. The van der Waals surface area contributed by atoms with E-state index in [4.69, 9.17) is 11.6 Å². The number of hydrogen-bond donors (Lipinski definition) is 1. The molecule has 0 atom stereocenters. The number of rotatable bonds is 2. The number of nitrogens with zero attached hydrogens (tertiary/aromatic N) is 2. The predicted molar refractivity (Wildman–Crippen MR) is 60.0 cm³/mol. The monoisotopic (exact) mass is 228 g/mol. The third-order valence-corrected chi connectivity index (χ3v) is 3.39. The van der Waals surface area contributed by atoms with Gasteiger partial charge < -0.3 is 5.11 Å². The summed E-state index contributed by atoms with van der Waals surface area (Å²) in [4.78, 5) is 0. The highest BCUT2D eigenvalue weighted by Crippen LogP contribution is 2.42. The van der Waals surface area contributed by atoms with Crippen LogP contribution in [0.15, 0.2) is 6.20 Å². The Balaban J connectivity index is 2.45. The van der Waals surface area contributed by atoms with Crippen LogP contribution < -0.4 is 0 Å². The van der Waals surface area contributed by atoms with Crippen molar-refractivity contribution in [3.8, 4) is 0 Å². The maximum atomic E-state index is 10.5. The average molecular weight is 229 g/mol. The van der Waals surface area contributed by atoms with Crippen molar-refractivity contribution >= 4 is 11.6 Å². The molecule has 0 spiro atoms. The van der Waals surface area contributed by atoms with Crippen molar-refractivity contribution in [3.63, 3.8) is 0 Å². The topological polar surface area (TPSA) is 38.0 Å². The fraction of sp³-hybridized carbons (Fsp3) is 0.727. The van der Waals surface area contributed by atoms with E-state index in [0.29, 0.717) is 5.02 Å². The van der Waals surface area contributed by atoms with Gasteiger partial charge >= 0.3 is 0 Å². The Kier molecular flexibility index (Phi) is 2.77. The molecule has 1 fully saturated rings. The lowest BCUT2D eigenvalue weighted by Crippen LogP contribution is -2.26. The molecule has 15 heavy (non-hydrogen) atoms. The van der Waals surface area contributed by atoms with Gasteiger partial charge in [-0.15, -0.1) is 0 Å². The van der Waals surface area contributed by atoms with Crippen LogP contribution in [0.4, 0.5) is 0 Å². The van der Waals surface area contributed by atoms with Gasteiger partial charge in [-0.25, -0.2) is 0 Å². The number of halogens is 1. The molecule has 0 saturated heterocycles. The van der Waals surface area contributed by atoms with E-state index >= 15 is 0 Å². The Hall–Kier alpha value is -0.540. The minimum Gasteiger partial charge on any atom is -0.384 e. The van der Waals surface area contributed by atoms with E-state index in [1.54, 1.807) is 6.20 Å². The highest BCUT2D eigenvalue weighted by Gasteiger charge is 2.38. The first kappa shape index (κ1) is 11.0. The van der Waals surface area contributed by atoms with E-state index in [9.17, 15) is 5.11 Å². The Morgan fingerprint density at radius 2 is 2.07 bits per heavy atom. The van der Waals surface area contributed by atoms with Crippen LogP contribution in [0.5, 0.6) is 0 Å². The van der Waals surface area contributed by atoms with Crippen LogP contribution in [0, 0.1) is 0 Å². The molecule has 1 N–H and O–H groups in total. The maximum Gasteiger partial charge on any atom is 0.108 e. The van der Waals surface area contributed by atoms with Crippen LogP contribution in [0.3, 0.4) is 0 Å². The van der Waals surface area contributed by atoms with Gasteiger partial charge in [-0.05, 0) is 26.7 Å². The van der Waals surface area contributed by atoms with Crippen molar-refractivity contribution in [3.05, 3.63) is 16.9 Å². The Morgan fingerprint density at radius 3 is 2.60 bits per heavy atom. The van der Waals surface area contributed by atoms with E-state index in [1.165, 1.54) is 0 Å². The number of hydrogen-bond acceptors (Lipinski definition) is 2. The molecule has 1 aliphatic carbocycles. The van der Waals surface area contributed by atoms with Gasteiger partial charge in [0.15, 0.2) is 0 Å². The summed E-state index contributed by atoms with van der Waals surface area (Å²) >= 11 is 6.12. The van der Waals surface area contributed by atoms with E-state index in [0.717, 1.165) is 31.4 Å². The molecule has 0 aliphatic heterocycles. The Morgan fingerprint density at radius 1 is 1.47 bits per heavy atom. The summed E-state index contributed by atoms with van der Waals surface area (Å²) in [5.41, 5.74) is 0.0503. The number of aromatic nitrogens is 2. The lowest BCUT2D eigenvalue weighted by Gasteiger charge is -2.25. The smallest absolute Gasteiger partial charge is 0.108 e. The summed E-state index contributed by atoms with van der Waals surface area (Å²) < 4.78 is 1.84. The first-order chi connectivity index (χ1) is 7.04. The molecule has 3 nitrogen and oxygen atoms in total. The average Bonchev–Trinajstić information content (AvgIpc) is 2.72. The molecule has 0 amide bonds. The fourth-order valence-electron chi connectivity index (χ4n) is 2.36. The molecular weight excluding hydrogens is 212 g/mol. The van der Waals surface area contributed by atoms with Crippen LogP contribution in [-0.4, -0.2) is 14.9 Å². The summed E-state index contributed by atoms with van der Waals surface area (Å²) in [6.07, 6.45) is 5.36. The SMILES string of the molecule is CC(C)n1ncc(Cl)c1C1(O)CCCC1. The third kappa shape index (κ3) is 1.79. The molecule has 1 aromatic heterocycles. The standard InChI is InChI=1S/C11H17ClN2O/c1-8(2)14-10(9(12)7-13-14)11(15)5-3-4-6-11/h7-8,15H,3-6H2,1-2H3. The summed E-state index contributed by atoms with van der Waals surface area (Å²) in [6.45, 7) is 4.09. The van der Waals surface area contributed by atoms with Gasteiger partial charge in [0, 0.05) is 6.04 Å². The largest absolute Gasteiger partial charge is 0.384 e. The molecule has 1 heterocycles. The molecule has 1 saturated carbocycles. The van der Waals surface area contributed by atoms with E-state index in [2.05, 4.69) is 5.10 Å². The molecule has 2 rings (SSSR count). The molecule has 0 aromatic carbocycles. The van der Waals surface area contributed by atoms with Crippen molar-refractivity contribution < 1.29 is 5.11 Å². The van der Waals surface area contributed by atoms with Gasteiger partial charge in [-0.3, -0.25) is 4.68 Å². The second kappa shape index (κ2) is 3.80. The molecular formula is C11H17ClN2O. The molecule has 84 valence electrons. The van der Waals surface area contributed by atoms with Crippen LogP contribution >= 0.6 is 11.6 Å². The van der Waals surface area contributed by atoms with Crippen molar-refractivity contribution in [1.82, 2.24) is 9.78 Å². The predicted octanol–water partition coefficient (Wildman–Crippen LogP) is 2.88. The van der Waals surface area contributed by atoms with Gasteiger partial charge in [-0.2, -0.15) is 5.10 Å². The lowest BCUT2D eigenvalue weighted by atomic mass is 9.97. The molecule has 4 heteroatoms. The highest BCUT2D eigenvalue weighted by atomic mass is 35.5. The lowest BCUT2D eigenvalue weighted by molar-refractivity contribution is 0.0339. The minimum atomic E-state index is -0.752. The second-order valence-corrected chi connectivity index (χ2v) is 5.03. The van der Waals surface area contributed by atoms with Crippen molar-refractivity contribution in [2.45, 2.75) is 51.2 Å². The second-order valence-electron chi connectivity index (χ2n) is 4.62. The van der Waals surface area contributed by atoms with Gasteiger partial charge in [-0.1, -0.05) is 24.4 Å². The first-order valence-corrected chi connectivity index (χ1v) is 5.88. The molecule has 0 radical (unpaired) electrons. The van der Waals surface area contributed by atoms with Gasteiger partial charge in [0.1, 0.15) is 5.60 Å². The normalized spacial score (nSPS) is 20.1. The van der Waals surface area contributed by atoms with Crippen molar-refractivity contribution in [2.24, 2.45) is 0 Å². The third-order valence-electron chi connectivity index (χ3n) is 3.11. The van der Waals surface area contributed by atoms with Gasteiger partial charge in [0.05, 0.1) is 16.9 Å². The van der Waals surface area contributed by atoms with Crippen LogP contribution in [0.2, 0.25) is 5.02 Å². The first-order valence-electron chi connectivity index (χ1n) is 5.50. The zero-order chi connectivity index (χ0) is 11.1. The van der Waals surface area contributed by atoms with E-state index in [-0.39, 0.29) is 6.04 Å². The van der Waals surface area contributed by atoms with Crippen molar-refractivity contribution in [1.29, 1.82) is 0 Å². The van der Waals surface area contributed by atoms with E-state index in [1.807, 2.05) is 18.5 Å². The van der Waals surface area contributed by atoms with Crippen LogP contribution in [-0.2, 0) is 5.60 Å². The van der Waals surface area contributed by atoms with Crippen LogP contribution in [0.25, 0.3) is 0 Å². The molecule has 0 unspecified atom stereocenters. The van der Waals surface area contributed by atoms with E-state index < -0.39 is 5.60 Å². The maximum absolute atomic E-state index is 10.5. The molecule has 1 aromatic rings. The Labute approximate surface area is 95.0 Å². The zero-order valence-electron chi connectivity index (χ0n) is 9.20. The fourth-order valence-corrected chi connectivity index (χ4v) is 2.67. The summed E-state index contributed by atoms with van der Waals surface area (Å²) in [5, 5.41) is 15.3. The van der Waals surface area contributed by atoms with Gasteiger partial charge in [0.2, 0.25) is 0 Å². The molecule has 1 aliphatic rings. The van der Waals surface area contributed by atoms with Crippen molar-refractivity contribution in [2.75, 3.05) is 0 Å². The highest BCUT2D eigenvalue weighted by molar-refractivity contribution is 6.31. The minimum absolute atomic E-state index is 0.233. The zero-order valence-corrected chi connectivity index (χ0v) is 9.96. The van der Waals surface area contributed by atoms with Crippen LogP contribution in [0.1, 0.15) is 51.3 Å². The summed E-state index contributed by atoms with van der Waals surface area (Å²) in [7, 11) is 0. The number of aliphatic hydroxyl groups is 1. The molecule has 0 bridgehead atoms. The summed E-state index contributed by atoms with van der Waals surface area (Å²) in [5.74, 6) is 0.